The van der Waals surface area contributed by atoms with E-state index in [4.69, 9.17) is 4.74 Å². The molecule has 2 atom stereocenters. The number of aliphatic hydroxyl groups is 1. The number of methoxy groups -OCH3 is 1. The van der Waals surface area contributed by atoms with Crippen LogP contribution in [-0.4, -0.2) is 24.9 Å². The van der Waals surface area contributed by atoms with Gasteiger partial charge in [0.1, 0.15) is 5.75 Å². The van der Waals surface area contributed by atoms with Crippen LogP contribution in [0.1, 0.15) is 31.9 Å². The fraction of sp³-hybridized carbons (Fsp3) is 0.538. The van der Waals surface area contributed by atoms with E-state index in [1.165, 1.54) is 5.56 Å². The van der Waals surface area contributed by atoms with Crippen molar-refractivity contribution in [1.29, 1.82) is 0 Å². The Kier molecular flexibility index (Phi) is 5.29. The van der Waals surface area contributed by atoms with Gasteiger partial charge in [-0.05, 0) is 31.0 Å². The summed E-state index contributed by atoms with van der Waals surface area (Å²) in [5, 5.41) is 12.8. The van der Waals surface area contributed by atoms with Crippen molar-refractivity contribution in [2.45, 2.75) is 32.4 Å². The topological polar surface area (TPSA) is 41.5 Å². The van der Waals surface area contributed by atoms with Gasteiger partial charge < -0.3 is 15.2 Å². The molecule has 0 saturated carbocycles. The highest BCUT2D eigenvalue weighted by molar-refractivity contribution is 5.30. The van der Waals surface area contributed by atoms with E-state index in [9.17, 15) is 5.11 Å². The van der Waals surface area contributed by atoms with Gasteiger partial charge in [-0.15, -0.1) is 0 Å². The van der Waals surface area contributed by atoms with Gasteiger partial charge in [-0.1, -0.05) is 19.1 Å². The summed E-state index contributed by atoms with van der Waals surface area (Å²) in [6.45, 7) is 4.68. The average molecular weight is 223 g/mol. The van der Waals surface area contributed by atoms with Crippen molar-refractivity contribution >= 4 is 0 Å². The van der Waals surface area contributed by atoms with E-state index < -0.39 is 0 Å². The first-order chi connectivity index (χ1) is 7.67. The maximum absolute atomic E-state index is 9.47. The molecule has 0 aliphatic heterocycles. The van der Waals surface area contributed by atoms with Crippen molar-refractivity contribution in [3.63, 3.8) is 0 Å². The number of hydrogen-bond acceptors (Lipinski definition) is 3. The highest BCUT2D eigenvalue weighted by Crippen LogP contribution is 2.18. The first-order valence-corrected chi connectivity index (χ1v) is 5.72. The lowest BCUT2D eigenvalue weighted by molar-refractivity contribution is 0.163. The third-order valence-electron chi connectivity index (χ3n) is 2.72. The molecule has 0 bridgehead atoms. The first kappa shape index (κ1) is 13.0. The summed E-state index contributed by atoms with van der Waals surface area (Å²) < 4.78 is 5.17. The van der Waals surface area contributed by atoms with Gasteiger partial charge in [0.15, 0.2) is 0 Å². The molecule has 0 radical (unpaired) electrons. The molecule has 3 heteroatoms. The molecule has 0 aromatic heterocycles. The minimum atomic E-state index is -0.270. The predicted molar refractivity (Wildman–Crippen MR) is 65.7 cm³/mol. The van der Waals surface area contributed by atoms with Gasteiger partial charge in [0.05, 0.1) is 13.2 Å². The Morgan fingerprint density at radius 1 is 1.44 bits per heavy atom. The van der Waals surface area contributed by atoms with Crippen molar-refractivity contribution in [2.75, 3.05) is 13.7 Å². The molecule has 1 unspecified atom stereocenters. The quantitative estimate of drug-likeness (QED) is 0.776. The first-order valence-electron chi connectivity index (χ1n) is 5.72. The SMILES string of the molecule is CCC(O)CN[C@@H](C)c1cccc(OC)c1. The standard InChI is InChI=1S/C13H21NO2/c1-4-12(15)9-14-10(2)11-6-5-7-13(8-11)16-3/h5-8,10,12,14-15H,4,9H2,1-3H3/t10-,12?/m0/s1. The Labute approximate surface area is 97.4 Å². The molecule has 0 aliphatic rings. The summed E-state index contributed by atoms with van der Waals surface area (Å²) in [7, 11) is 1.66. The number of hydrogen-bond donors (Lipinski definition) is 2. The Balaban J connectivity index is 2.54. The van der Waals surface area contributed by atoms with Crippen molar-refractivity contribution < 1.29 is 9.84 Å². The Hall–Kier alpha value is -1.06. The van der Waals surface area contributed by atoms with Crippen molar-refractivity contribution in [3.8, 4) is 5.75 Å². The van der Waals surface area contributed by atoms with Crippen LogP contribution in [0.25, 0.3) is 0 Å². The molecule has 0 amide bonds. The summed E-state index contributed by atoms with van der Waals surface area (Å²) >= 11 is 0. The molecular formula is C13H21NO2. The molecule has 0 spiro atoms. The van der Waals surface area contributed by atoms with Gasteiger partial charge >= 0.3 is 0 Å². The van der Waals surface area contributed by atoms with Crippen LogP contribution >= 0.6 is 0 Å². The highest BCUT2D eigenvalue weighted by atomic mass is 16.5. The zero-order valence-electron chi connectivity index (χ0n) is 10.2. The lowest BCUT2D eigenvalue weighted by Gasteiger charge is -2.17. The lowest BCUT2D eigenvalue weighted by Crippen LogP contribution is -2.28. The van der Waals surface area contributed by atoms with Crippen molar-refractivity contribution in [3.05, 3.63) is 29.8 Å². The normalized spacial score (nSPS) is 14.5. The second-order valence-electron chi connectivity index (χ2n) is 3.97. The van der Waals surface area contributed by atoms with Gasteiger partial charge in [-0.3, -0.25) is 0 Å². The molecule has 0 saturated heterocycles. The second kappa shape index (κ2) is 6.51. The fourth-order valence-corrected chi connectivity index (χ4v) is 1.49. The molecule has 0 fully saturated rings. The van der Waals surface area contributed by atoms with Crippen LogP contribution in [-0.2, 0) is 0 Å². The maximum atomic E-state index is 9.47. The number of ether oxygens (including phenoxy) is 1. The smallest absolute Gasteiger partial charge is 0.119 e. The Bertz CT molecular complexity index is 315. The highest BCUT2D eigenvalue weighted by Gasteiger charge is 2.07. The molecule has 1 rings (SSSR count). The van der Waals surface area contributed by atoms with Crippen LogP contribution in [0.4, 0.5) is 0 Å². The molecule has 2 N–H and O–H groups in total. The van der Waals surface area contributed by atoms with E-state index in [0.717, 1.165) is 12.2 Å². The van der Waals surface area contributed by atoms with Crippen LogP contribution in [0.15, 0.2) is 24.3 Å². The third-order valence-corrected chi connectivity index (χ3v) is 2.72. The van der Waals surface area contributed by atoms with Gasteiger partial charge in [0, 0.05) is 12.6 Å². The summed E-state index contributed by atoms with van der Waals surface area (Å²) in [6.07, 6.45) is 0.505. The third kappa shape index (κ3) is 3.83. The molecule has 1 aromatic rings. The number of nitrogens with one attached hydrogen (secondary N) is 1. The molecular weight excluding hydrogens is 202 g/mol. The molecule has 3 nitrogen and oxygen atoms in total. The molecule has 90 valence electrons. The average Bonchev–Trinajstić information content (AvgIpc) is 2.35. The maximum Gasteiger partial charge on any atom is 0.119 e. The minimum Gasteiger partial charge on any atom is -0.497 e. The number of rotatable bonds is 6. The number of aliphatic hydroxyl groups excluding tert-OH is 1. The summed E-state index contributed by atoms with van der Waals surface area (Å²) in [6, 6.07) is 8.19. The van der Waals surface area contributed by atoms with Gasteiger partial charge in [0.25, 0.3) is 0 Å². The van der Waals surface area contributed by atoms with Crippen LogP contribution in [0, 0.1) is 0 Å². The van der Waals surface area contributed by atoms with Crippen molar-refractivity contribution in [1.82, 2.24) is 5.32 Å². The van der Waals surface area contributed by atoms with E-state index in [-0.39, 0.29) is 12.1 Å². The van der Waals surface area contributed by atoms with Gasteiger partial charge in [-0.25, -0.2) is 0 Å². The predicted octanol–water partition coefficient (Wildman–Crippen LogP) is 2.12. The van der Waals surface area contributed by atoms with Crippen LogP contribution in [0.3, 0.4) is 0 Å². The van der Waals surface area contributed by atoms with E-state index in [0.29, 0.717) is 6.54 Å². The monoisotopic (exact) mass is 223 g/mol. The summed E-state index contributed by atoms with van der Waals surface area (Å²) in [4.78, 5) is 0. The van der Waals surface area contributed by atoms with Gasteiger partial charge in [-0.2, -0.15) is 0 Å². The van der Waals surface area contributed by atoms with Crippen LogP contribution in [0.5, 0.6) is 5.75 Å². The van der Waals surface area contributed by atoms with E-state index in [1.807, 2.05) is 25.1 Å². The van der Waals surface area contributed by atoms with Crippen LogP contribution in [0.2, 0.25) is 0 Å². The lowest BCUT2D eigenvalue weighted by atomic mass is 10.1. The molecule has 0 heterocycles. The Morgan fingerprint density at radius 2 is 2.19 bits per heavy atom. The zero-order chi connectivity index (χ0) is 12.0. The van der Waals surface area contributed by atoms with Gasteiger partial charge in [0.2, 0.25) is 0 Å². The summed E-state index contributed by atoms with van der Waals surface area (Å²) in [5.74, 6) is 0.863. The molecule has 1 aromatic carbocycles. The van der Waals surface area contributed by atoms with Crippen molar-refractivity contribution in [2.24, 2.45) is 0 Å². The number of benzene rings is 1. The van der Waals surface area contributed by atoms with E-state index >= 15 is 0 Å². The van der Waals surface area contributed by atoms with E-state index in [2.05, 4.69) is 18.3 Å². The fourth-order valence-electron chi connectivity index (χ4n) is 1.49. The van der Waals surface area contributed by atoms with E-state index in [1.54, 1.807) is 7.11 Å². The Morgan fingerprint density at radius 3 is 2.81 bits per heavy atom. The van der Waals surface area contributed by atoms with Crippen LogP contribution < -0.4 is 10.1 Å². The molecule has 16 heavy (non-hydrogen) atoms. The second-order valence-corrected chi connectivity index (χ2v) is 3.97. The largest absolute Gasteiger partial charge is 0.497 e. The molecule has 0 aliphatic carbocycles. The minimum absolute atomic E-state index is 0.219. The summed E-state index contributed by atoms with van der Waals surface area (Å²) in [5.41, 5.74) is 1.17. The zero-order valence-corrected chi connectivity index (χ0v) is 10.2.